The second-order valence-electron chi connectivity index (χ2n) is 11.7. The van der Waals surface area contributed by atoms with Crippen molar-refractivity contribution in [3.8, 4) is 0 Å². The number of carbonyl (C=O) groups is 1. The molecule has 2 aromatic carbocycles. The highest BCUT2D eigenvalue weighted by Gasteiger charge is 2.44. The Morgan fingerprint density at radius 2 is 1.56 bits per heavy atom. The van der Waals surface area contributed by atoms with E-state index >= 15 is 0 Å². The second kappa shape index (κ2) is 10.1. The van der Waals surface area contributed by atoms with E-state index in [2.05, 4.69) is 20.0 Å². The van der Waals surface area contributed by atoms with Gasteiger partial charge in [0.25, 0.3) is 11.8 Å². The van der Waals surface area contributed by atoms with Gasteiger partial charge in [-0.3, -0.25) is 14.2 Å². The van der Waals surface area contributed by atoms with Crippen molar-refractivity contribution in [1.29, 1.82) is 0 Å². The number of amides is 1. The first kappa shape index (κ1) is 27.7. The molecule has 0 unspecified atom stereocenters. The van der Waals surface area contributed by atoms with Crippen LogP contribution in [0.4, 0.5) is 31.5 Å². The molecule has 2 aliphatic heterocycles. The first-order valence-corrected chi connectivity index (χ1v) is 15.9. The molecule has 3 heterocycles. The third-order valence-electron chi connectivity index (χ3n) is 8.96. The summed E-state index contributed by atoms with van der Waals surface area (Å²) in [5.41, 5.74) is 4.08. The maximum atomic E-state index is 13.9. The summed E-state index contributed by atoms with van der Waals surface area (Å²) in [6.07, 6.45) is 5.87. The Kier molecular flexibility index (Phi) is 6.87. The molecule has 1 saturated carbocycles. The molecule has 220 valence electrons. The van der Waals surface area contributed by atoms with Gasteiger partial charge < -0.3 is 15.1 Å². The molecule has 9 nitrogen and oxygen atoms in total. The Morgan fingerprint density at radius 1 is 0.927 bits per heavy atom. The van der Waals surface area contributed by atoms with Crippen molar-refractivity contribution in [1.82, 2.24) is 9.78 Å². The molecule has 0 bridgehead atoms. The fourth-order valence-electron chi connectivity index (χ4n) is 6.04. The van der Waals surface area contributed by atoms with Gasteiger partial charge in [-0.25, -0.2) is 17.2 Å². The molecule has 41 heavy (non-hydrogen) atoms. The third-order valence-corrected chi connectivity index (χ3v) is 10.3. The molecule has 1 aromatic heterocycles. The molecule has 2 saturated heterocycles. The van der Waals surface area contributed by atoms with Crippen LogP contribution in [0.2, 0.25) is 0 Å². The minimum absolute atomic E-state index is 0.0513. The zero-order valence-corrected chi connectivity index (χ0v) is 24.2. The van der Waals surface area contributed by atoms with E-state index in [9.17, 15) is 22.0 Å². The van der Waals surface area contributed by atoms with Crippen LogP contribution in [0.5, 0.6) is 0 Å². The monoisotopic (exact) mass is 586 g/mol. The van der Waals surface area contributed by atoms with Gasteiger partial charge in [0.05, 0.1) is 34.4 Å². The second-order valence-corrected chi connectivity index (χ2v) is 13.7. The number of fused-ring (bicyclic) bond motifs is 1. The molecule has 12 heteroatoms. The van der Waals surface area contributed by atoms with E-state index < -0.39 is 15.9 Å². The Bertz CT molecular complexity index is 1580. The zero-order chi connectivity index (χ0) is 29.0. The lowest BCUT2D eigenvalue weighted by atomic mass is 9.93. The van der Waals surface area contributed by atoms with Crippen LogP contribution in [-0.2, 0) is 17.1 Å². The van der Waals surface area contributed by atoms with Crippen LogP contribution in [0.3, 0.4) is 0 Å². The van der Waals surface area contributed by atoms with Gasteiger partial charge in [-0.15, -0.1) is 0 Å². The van der Waals surface area contributed by atoms with Crippen molar-refractivity contribution in [3.63, 3.8) is 0 Å². The van der Waals surface area contributed by atoms with Gasteiger partial charge in [0.2, 0.25) is 10.0 Å². The number of sulfonamides is 1. The number of anilines is 4. The average molecular weight is 587 g/mol. The predicted molar refractivity (Wildman–Crippen MR) is 158 cm³/mol. The van der Waals surface area contributed by atoms with E-state index in [1.165, 1.54) is 12.8 Å². The summed E-state index contributed by atoms with van der Waals surface area (Å²) in [6.45, 7) is 3.60. The van der Waals surface area contributed by atoms with Crippen LogP contribution < -0.4 is 19.8 Å². The molecule has 1 aliphatic carbocycles. The number of aromatic nitrogens is 2. The van der Waals surface area contributed by atoms with Crippen LogP contribution in [0.25, 0.3) is 10.9 Å². The number of hydrogen-bond acceptors (Lipinski definition) is 6. The number of aryl methyl sites for hydroxylation is 1. The first-order chi connectivity index (χ1) is 19.5. The number of nitrogens with zero attached hydrogens (tertiary/aromatic N) is 4. The summed E-state index contributed by atoms with van der Waals surface area (Å²) in [6, 6.07) is 8.68. The molecular formula is C29H36F2N6O3S. The summed E-state index contributed by atoms with van der Waals surface area (Å²) >= 11 is 0. The molecule has 0 radical (unpaired) electrons. The van der Waals surface area contributed by atoms with Gasteiger partial charge >= 0.3 is 0 Å². The number of rotatable bonds is 7. The number of benzene rings is 2. The predicted octanol–water partition coefficient (Wildman–Crippen LogP) is 5.20. The van der Waals surface area contributed by atoms with E-state index in [0.717, 1.165) is 42.5 Å². The topological polar surface area (TPSA) is 99.6 Å². The lowest BCUT2D eigenvalue weighted by molar-refractivity contribution is -0.0220. The highest BCUT2D eigenvalue weighted by molar-refractivity contribution is 7.92. The fraction of sp³-hybridized carbons (Fsp3) is 0.517. The van der Waals surface area contributed by atoms with Crippen molar-refractivity contribution in [2.24, 2.45) is 12.5 Å². The summed E-state index contributed by atoms with van der Waals surface area (Å²) in [5, 5.41) is 8.23. The molecule has 6 rings (SSSR count). The summed E-state index contributed by atoms with van der Waals surface area (Å²) < 4.78 is 56.6. The van der Waals surface area contributed by atoms with Gasteiger partial charge in [0.15, 0.2) is 0 Å². The molecule has 2 N–H and O–H groups in total. The van der Waals surface area contributed by atoms with Crippen LogP contribution in [0.1, 0.15) is 55.8 Å². The van der Waals surface area contributed by atoms with Crippen molar-refractivity contribution >= 4 is 49.6 Å². The normalized spacial score (nSPS) is 19.9. The molecule has 3 aromatic rings. The average Bonchev–Trinajstić information content (AvgIpc) is 3.59. The highest BCUT2D eigenvalue weighted by atomic mass is 32.2. The van der Waals surface area contributed by atoms with Crippen LogP contribution in [0.15, 0.2) is 36.5 Å². The van der Waals surface area contributed by atoms with Gasteiger partial charge in [-0.2, -0.15) is 5.10 Å². The lowest BCUT2D eigenvalue weighted by Gasteiger charge is -2.35. The quantitative estimate of drug-likeness (QED) is 0.395. The number of hydrogen-bond donors (Lipinski definition) is 2. The summed E-state index contributed by atoms with van der Waals surface area (Å²) in [7, 11) is -1.68. The number of carbonyl (C=O) groups excluding carboxylic acids is 1. The Hall–Kier alpha value is -3.41. The van der Waals surface area contributed by atoms with E-state index in [0.29, 0.717) is 28.0 Å². The highest BCUT2D eigenvalue weighted by Crippen LogP contribution is 2.54. The van der Waals surface area contributed by atoms with Crippen LogP contribution in [-0.4, -0.2) is 62.0 Å². The van der Waals surface area contributed by atoms with Gasteiger partial charge in [0, 0.05) is 62.8 Å². The Morgan fingerprint density at radius 3 is 2.22 bits per heavy atom. The van der Waals surface area contributed by atoms with E-state index in [-0.39, 0.29) is 37.6 Å². The molecule has 1 spiro atoms. The Labute approximate surface area is 238 Å². The minimum Gasteiger partial charge on any atom is -0.371 e. The number of halogens is 2. The Balaban J connectivity index is 1.31. The van der Waals surface area contributed by atoms with Gasteiger partial charge in [0.1, 0.15) is 0 Å². The van der Waals surface area contributed by atoms with Crippen LogP contribution >= 0.6 is 0 Å². The molecule has 3 aliphatic rings. The molecule has 0 atom stereocenters. The standard InChI is InChI=1S/C29H36F2N6O3S/c1-3-41(39,40)34-20-4-5-22(25(16-20)36-12-8-28(6-7-28)9-13-36)27(38)33-21-17-24-23(19-32-35(24)2)26(18-21)37-14-10-29(30,31)11-15-37/h4-5,16-19,34H,3,6-15H2,1-2H3,(H,33,38). The SMILES string of the molecule is CCS(=O)(=O)Nc1ccc(C(=O)Nc2cc(N3CCC(F)(F)CC3)c3cnn(C)c3c2)c(N2CCC3(CC2)CC3)c1. The van der Waals surface area contributed by atoms with E-state index in [4.69, 9.17) is 0 Å². The lowest BCUT2D eigenvalue weighted by Crippen LogP contribution is -2.39. The summed E-state index contributed by atoms with van der Waals surface area (Å²) in [4.78, 5) is 17.9. The van der Waals surface area contributed by atoms with Crippen LogP contribution in [0, 0.1) is 5.41 Å². The minimum atomic E-state index is -3.48. The largest absolute Gasteiger partial charge is 0.371 e. The third kappa shape index (κ3) is 5.71. The van der Waals surface area contributed by atoms with E-state index in [1.54, 1.807) is 43.0 Å². The van der Waals surface area contributed by atoms with Crippen molar-refractivity contribution < 1.29 is 22.0 Å². The maximum absolute atomic E-state index is 13.9. The van der Waals surface area contributed by atoms with Crippen molar-refractivity contribution in [3.05, 3.63) is 42.1 Å². The number of nitrogens with one attached hydrogen (secondary N) is 2. The van der Waals surface area contributed by atoms with Crippen molar-refractivity contribution in [2.45, 2.75) is 51.4 Å². The number of alkyl halides is 2. The molecule has 3 fully saturated rings. The molecule has 1 amide bonds. The van der Waals surface area contributed by atoms with E-state index in [1.807, 2.05) is 17.0 Å². The summed E-state index contributed by atoms with van der Waals surface area (Å²) in [5.74, 6) is -3.04. The molecular weight excluding hydrogens is 550 g/mol. The zero-order valence-electron chi connectivity index (χ0n) is 23.4. The van der Waals surface area contributed by atoms with Gasteiger partial charge in [-0.1, -0.05) is 0 Å². The fourth-order valence-corrected chi connectivity index (χ4v) is 6.67. The maximum Gasteiger partial charge on any atom is 0.257 e. The van der Waals surface area contributed by atoms with Crippen molar-refractivity contribution in [2.75, 3.05) is 51.8 Å². The smallest absolute Gasteiger partial charge is 0.257 e. The first-order valence-electron chi connectivity index (χ1n) is 14.3. The number of piperidine rings is 2. The van der Waals surface area contributed by atoms with Gasteiger partial charge in [-0.05, 0) is 68.4 Å².